The number of hydrogen-bond donors (Lipinski definition) is 3. The van der Waals surface area contributed by atoms with Gasteiger partial charge in [0, 0.05) is 5.56 Å². The zero-order chi connectivity index (χ0) is 15.0. The van der Waals surface area contributed by atoms with Crippen LogP contribution in [0.3, 0.4) is 0 Å². The fraction of sp³-hybridized carbons (Fsp3) is 0.429. The highest BCUT2D eigenvalue weighted by Gasteiger charge is 2.53. The molecule has 0 radical (unpaired) electrons. The Morgan fingerprint density at radius 2 is 2.00 bits per heavy atom. The zero-order valence-electron chi connectivity index (χ0n) is 11.0. The average molecular weight is 281 g/mol. The lowest BCUT2D eigenvalue weighted by Gasteiger charge is -2.21. The first-order valence-corrected chi connectivity index (χ1v) is 6.29. The number of carboxylic acid groups (broad SMARTS) is 1. The summed E-state index contributed by atoms with van der Waals surface area (Å²) in [5.74, 6) is -2.33. The van der Waals surface area contributed by atoms with Crippen LogP contribution >= 0.6 is 0 Å². The Labute approximate surface area is 115 Å². The van der Waals surface area contributed by atoms with Gasteiger partial charge in [-0.05, 0) is 25.8 Å². The fourth-order valence-corrected chi connectivity index (χ4v) is 2.09. The summed E-state index contributed by atoms with van der Waals surface area (Å²) in [4.78, 5) is 22.9. The van der Waals surface area contributed by atoms with E-state index in [1.807, 2.05) is 0 Å². The maximum absolute atomic E-state index is 13.8. The summed E-state index contributed by atoms with van der Waals surface area (Å²) >= 11 is 0. The molecule has 20 heavy (non-hydrogen) atoms. The lowest BCUT2D eigenvalue weighted by molar-refractivity contribution is -0.156. The number of hydrogen-bond acceptors (Lipinski definition) is 3. The first-order valence-electron chi connectivity index (χ1n) is 6.29. The predicted molar refractivity (Wildman–Crippen MR) is 68.6 cm³/mol. The van der Waals surface area contributed by atoms with E-state index in [1.54, 1.807) is 18.2 Å². The third kappa shape index (κ3) is 2.51. The first kappa shape index (κ1) is 14.5. The van der Waals surface area contributed by atoms with E-state index in [-0.39, 0.29) is 0 Å². The maximum atomic E-state index is 13.8. The maximum Gasteiger partial charge on any atom is 0.337 e. The van der Waals surface area contributed by atoms with Crippen LogP contribution in [0.2, 0.25) is 0 Å². The highest BCUT2D eigenvalue weighted by atomic mass is 19.1. The summed E-state index contributed by atoms with van der Waals surface area (Å²) < 4.78 is 13.8. The van der Waals surface area contributed by atoms with Gasteiger partial charge in [-0.2, -0.15) is 0 Å². The predicted octanol–water partition coefficient (Wildman–Crippen LogP) is 0.809. The quantitative estimate of drug-likeness (QED) is 0.745. The first-order chi connectivity index (χ1) is 9.29. The van der Waals surface area contributed by atoms with Crippen molar-refractivity contribution >= 4 is 11.9 Å². The van der Waals surface area contributed by atoms with Crippen molar-refractivity contribution in [1.29, 1.82) is 0 Å². The number of nitrogens with one attached hydrogen (secondary N) is 1. The molecule has 1 aromatic rings. The number of carbonyl (C=O) groups is 2. The van der Waals surface area contributed by atoms with Crippen LogP contribution in [0.15, 0.2) is 24.3 Å². The van der Waals surface area contributed by atoms with Gasteiger partial charge in [0.2, 0.25) is 5.91 Å². The molecule has 0 spiro atoms. The Kier molecular flexibility index (Phi) is 3.52. The van der Waals surface area contributed by atoms with Crippen LogP contribution < -0.4 is 5.32 Å². The minimum Gasteiger partial charge on any atom is -0.479 e. The molecule has 1 aliphatic carbocycles. The van der Waals surface area contributed by atoms with Crippen molar-refractivity contribution in [3.63, 3.8) is 0 Å². The smallest absolute Gasteiger partial charge is 0.337 e. The van der Waals surface area contributed by atoms with Gasteiger partial charge < -0.3 is 15.5 Å². The topological polar surface area (TPSA) is 86.6 Å². The summed E-state index contributed by atoms with van der Waals surface area (Å²) in [6.07, 6.45) is 1.02. The number of aliphatic carboxylic acids is 1. The van der Waals surface area contributed by atoms with Crippen molar-refractivity contribution in [2.45, 2.75) is 30.8 Å². The third-order valence-electron chi connectivity index (χ3n) is 3.63. The molecular weight excluding hydrogens is 265 g/mol. The number of amides is 1. The lowest BCUT2D eigenvalue weighted by Crippen LogP contribution is -2.49. The van der Waals surface area contributed by atoms with Gasteiger partial charge in [0.05, 0.1) is 12.0 Å². The second-order valence-electron chi connectivity index (χ2n) is 5.32. The van der Waals surface area contributed by atoms with Gasteiger partial charge in [-0.1, -0.05) is 18.2 Å². The van der Waals surface area contributed by atoms with E-state index in [9.17, 15) is 19.1 Å². The molecular formula is C14H16FNO4. The van der Waals surface area contributed by atoms with Crippen LogP contribution in [0, 0.1) is 5.82 Å². The summed E-state index contributed by atoms with van der Waals surface area (Å²) in [6, 6.07) is 6.04. The molecule has 1 unspecified atom stereocenters. The van der Waals surface area contributed by atoms with Crippen molar-refractivity contribution in [1.82, 2.24) is 5.32 Å². The third-order valence-corrected chi connectivity index (χ3v) is 3.63. The Hall–Kier alpha value is -1.95. The molecule has 108 valence electrons. The monoisotopic (exact) mass is 281 g/mol. The average Bonchev–Trinajstić information content (AvgIpc) is 3.18. The van der Waals surface area contributed by atoms with Gasteiger partial charge in [-0.25, -0.2) is 9.18 Å². The normalized spacial score (nSPS) is 18.9. The van der Waals surface area contributed by atoms with E-state index in [1.165, 1.54) is 6.07 Å². The summed E-state index contributed by atoms with van der Waals surface area (Å²) in [7, 11) is 0. The molecule has 0 saturated heterocycles. The molecule has 1 saturated carbocycles. The molecule has 1 aromatic carbocycles. The van der Waals surface area contributed by atoms with Crippen molar-refractivity contribution in [3.05, 3.63) is 35.6 Å². The number of carbonyl (C=O) groups excluding carboxylic acids is 1. The fourth-order valence-electron chi connectivity index (χ4n) is 2.09. The van der Waals surface area contributed by atoms with Crippen molar-refractivity contribution in [2.75, 3.05) is 6.54 Å². The SMILES string of the molecule is CC(O)(CNC(=O)C1(c2ccccc2F)CC1)C(=O)O. The molecule has 1 amide bonds. The molecule has 2 rings (SSSR count). The number of benzene rings is 1. The van der Waals surface area contributed by atoms with E-state index < -0.39 is 35.3 Å². The van der Waals surface area contributed by atoms with Crippen molar-refractivity contribution in [3.8, 4) is 0 Å². The lowest BCUT2D eigenvalue weighted by atomic mass is 9.94. The van der Waals surface area contributed by atoms with Crippen LogP contribution in [0.25, 0.3) is 0 Å². The molecule has 5 nitrogen and oxygen atoms in total. The van der Waals surface area contributed by atoms with Gasteiger partial charge in [-0.3, -0.25) is 4.79 Å². The molecule has 0 heterocycles. The number of halogens is 1. The Bertz CT molecular complexity index is 552. The minimum absolute atomic E-state index is 0.312. The molecule has 6 heteroatoms. The molecule has 1 atom stereocenters. The van der Waals surface area contributed by atoms with E-state index in [2.05, 4.69) is 5.32 Å². The standard InChI is InChI=1S/C14H16FNO4/c1-13(20,12(18)19)8-16-11(17)14(6-7-14)9-4-2-3-5-10(9)15/h2-5,20H,6-8H2,1H3,(H,16,17)(H,18,19). The van der Waals surface area contributed by atoms with Gasteiger partial charge in [0.1, 0.15) is 5.82 Å². The molecule has 1 fully saturated rings. The molecule has 0 bridgehead atoms. The second-order valence-corrected chi connectivity index (χ2v) is 5.32. The van der Waals surface area contributed by atoms with E-state index in [4.69, 9.17) is 5.11 Å². The number of rotatable bonds is 5. The van der Waals surface area contributed by atoms with Gasteiger partial charge in [0.25, 0.3) is 0 Å². The summed E-state index contributed by atoms with van der Waals surface area (Å²) in [5.41, 5.74) is -2.66. The van der Waals surface area contributed by atoms with Gasteiger partial charge >= 0.3 is 5.97 Å². The van der Waals surface area contributed by atoms with Crippen LogP contribution in [-0.2, 0) is 15.0 Å². The van der Waals surface area contributed by atoms with Gasteiger partial charge in [0.15, 0.2) is 5.60 Å². The van der Waals surface area contributed by atoms with Gasteiger partial charge in [-0.15, -0.1) is 0 Å². The van der Waals surface area contributed by atoms with Crippen molar-refractivity contribution in [2.24, 2.45) is 0 Å². The highest BCUT2D eigenvalue weighted by molar-refractivity contribution is 5.92. The van der Waals surface area contributed by atoms with Crippen LogP contribution in [0.1, 0.15) is 25.3 Å². The van der Waals surface area contributed by atoms with E-state index >= 15 is 0 Å². The molecule has 3 N–H and O–H groups in total. The van der Waals surface area contributed by atoms with Crippen LogP contribution in [-0.4, -0.2) is 34.2 Å². The molecule has 0 aromatic heterocycles. The number of carboxylic acids is 1. The van der Waals surface area contributed by atoms with E-state index in [0.29, 0.717) is 18.4 Å². The molecule has 1 aliphatic rings. The zero-order valence-corrected chi connectivity index (χ0v) is 11.0. The van der Waals surface area contributed by atoms with Crippen LogP contribution in [0.5, 0.6) is 0 Å². The second kappa shape index (κ2) is 4.86. The Morgan fingerprint density at radius 1 is 1.40 bits per heavy atom. The summed E-state index contributed by atoms with van der Waals surface area (Å²) in [5, 5.41) is 20.7. The minimum atomic E-state index is -2.04. The Morgan fingerprint density at radius 3 is 2.50 bits per heavy atom. The Balaban J connectivity index is 2.11. The number of aliphatic hydroxyl groups is 1. The largest absolute Gasteiger partial charge is 0.479 e. The van der Waals surface area contributed by atoms with E-state index in [0.717, 1.165) is 6.92 Å². The molecule has 0 aliphatic heterocycles. The highest BCUT2D eigenvalue weighted by Crippen LogP contribution is 2.49. The van der Waals surface area contributed by atoms with Crippen molar-refractivity contribution < 1.29 is 24.2 Å². The van der Waals surface area contributed by atoms with Crippen LogP contribution in [0.4, 0.5) is 4.39 Å². The summed E-state index contributed by atoms with van der Waals surface area (Å²) in [6.45, 7) is 0.676.